The van der Waals surface area contributed by atoms with Crippen LogP contribution < -0.4 is 5.73 Å². The first-order valence-electron chi connectivity index (χ1n) is 6.59. The zero-order valence-electron chi connectivity index (χ0n) is 12.3. The summed E-state index contributed by atoms with van der Waals surface area (Å²) in [4.78, 5) is 12.1. The highest BCUT2D eigenvalue weighted by atomic mass is 19.1. The van der Waals surface area contributed by atoms with Crippen molar-refractivity contribution >= 4 is 11.7 Å². The van der Waals surface area contributed by atoms with Gasteiger partial charge in [-0.05, 0) is 22.6 Å². The summed E-state index contributed by atoms with van der Waals surface area (Å²) < 4.78 is 21.1. The van der Waals surface area contributed by atoms with Crippen molar-refractivity contribution in [2.75, 3.05) is 12.8 Å². The second-order valence-electron chi connectivity index (χ2n) is 4.67. The minimum absolute atomic E-state index is 0.0577. The van der Waals surface area contributed by atoms with Gasteiger partial charge in [-0.25, -0.2) is 9.18 Å². The molecule has 0 radical (unpaired) electrons. The number of tetrazole rings is 1. The quantitative estimate of drug-likeness (QED) is 0.706. The standard InChI is InChI=1S/C14H10FN7O2/c1-24-14(23)13-12(17)8(5-16)6-21(13)11-4-9(15)2-3-10(11)22-7-18-19-20-22/h2-4,6-7H,17H2,1H3. The van der Waals surface area contributed by atoms with Crippen molar-refractivity contribution < 1.29 is 13.9 Å². The van der Waals surface area contributed by atoms with Crippen LogP contribution in [0.4, 0.5) is 10.1 Å². The van der Waals surface area contributed by atoms with Gasteiger partial charge in [-0.2, -0.15) is 9.94 Å². The first kappa shape index (κ1) is 15.2. The van der Waals surface area contributed by atoms with Crippen molar-refractivity contribution in [3.8, 4) is 17.4 Å². The molecule has 0 saturated carbocycles. The number of esters is 1. The fraction of sp³-hybridized carbons (Fsp3) is 0.0714. The highest BCUT2D eigenvalue weighted by Crippen LogP contribution is 2.28. The van der Waals surface area contributed by atoms with Crippen LogP contribution in [0.1, 0.15) is 16.1 Å². The number of nitriles is 1. The molecule has 0 saturated heterocycles. The number of hydrogen-bond acceptors (Lipinski definition) is 7. The van der Waals surface area contributed by atoms with Gasteiger partial charge in [0.25, 0.3) is 0 Å². The number of aromatic nitrogens is 5. The minimum atomic E-state index is -0.763. The van der Waals surface area contributed by atoms with Crippen molar-refractivity contribution in [2.45, 2.75) is 0 Å². The van der Waals surface area contributed by atoms with Gasteiger partial charge in [-0.15, -0.1) is 5.10 Å². The molecule has 0 fully saturated rings. The topological polar surface area (TPSA) is 125 Å². The number of hydrogen-bond donors (Lipinski definition) is 1. The molecule has 24 heavy (non-hydrogen) atoms. The maximum absolute atomic E-state index is 13.8. The van der Waals surface area contributed by atoms with Crippen LogP contribution in [0.25, 0.3) is 11.4 Å². The normalized spacial score (nSPS) is 10.4. The van der Waals surface area contributed by atoms with Crippen molar-refractivity contribution in [1.29, 1.82) is 5.26 Å². The lowest BCUT2D eigenvalue weighted by Crippen LogP contribution is -2.13. The number of anilines is 1. The predicted molar refractivity (Wildman–Crippen MR) is 78.9 cm³/mol. The number of rotatable bonds is 3. The Hall–Kier alpha value is -3.74. The Kier molecular flexibility index (Phi) is 3.67. The monoisotopic (exact) mass is 327 g/mol. The number of ether oxygens (including phenoxy) is 1. The van der Waals surface area contributed by atoms with Crippen LogP contribution in [0.3, 0.4) is 0 Å². The smallest absolute Gasteiger partial charge is 0.357 e. The molecular weight excluding hydrogens is 317 g/mol. The lowest BCUT2D eigenvalue weighted by molar-refractivity contribution is 0.0593. The van der Waals surface area contributed by atoms with Crippen LogP contribution in [0.5, 0.6) is 0 Å². The molecule has 10 heteroatoms. The van der Waals surface area contributed by atoms with Crippen molar-refractivity contribution in [1.82, 2.24) is 24.8 Å². The molecule has 2 aromatic heterocycles. The Morgan fingerprint density at radius 1 is 1.42 bits per heavy atom. The van der Waals surface area contributed by atoms with Gasteiger partial charge in [0.05, 0.1) is 29.7 Å². The Labute approximate surface area is 134 Å². The van der Waals surface area contributed by atoms with Gasteiger partial charge >= 0.3 is 5.97 Å². The van der Waals surface area contributed by atoms with Crippen LogP contribution in [-0.4, -0.2) is 37.9 Å². The molecule has 0 aliphatic carbocycles. The molecule has 1 aromatic carbocycles. The molecule has 120 valence electrons. The maximum Gasteiger partial charge on any atom is 0.357 e. The first-order chi connectivity index (χ1) is 11.6. The van der Waals surface area contributed by atoms with Gasteiger partial charge in [-0.3, -0.25) is 0 Å². The Bertz CT molecular complexity index is 956. The zero-order valence-corrected chi connectivity index (χ0v) is 12.3. The molecule has 0 atom stereocenters. The minimum Gasteiger partial charge on any atom is -0.464 e. The molecule has 0 aliphatic heterocycles. The van der Waals surface area contributed by atoms with E-state index in [2.05, 4.69) is 15.5 Å². The van der Waals surface area contributed by atoms with E-state index in [4.69, 9.17) is 15.7 Å². The lowest BCUT2D eigenvalue weighted by atomic mass is 10.2. The lowest BCUT2D eigenvalue weighted by Gasteiger charge is -2.13. The van der Waals surface area contributed by atoms with Crippen molar-refractivity contribution in [3.63, 3.8) is 0 Å². The van der Waals surface area contributed by atoms with Crippen LogP contribution in [-0.2, 0) is 4.74 Å². The van der Waals surface area contributed by atoms with E-state index < -0.39 is 11.8 Å². The Morgan fingerprint density at radius 3 is 2.83 bits per heavy atom. The average Bonchev–Trinajstić information content (AvgIpc) is 3.22. The molecule has 0 bridgehead atoms. The molecule has 2 heterocycles. The Morgan fingerprint density at radius 2 is 2.21 bits per heavy atom. The summed E-state index contributed by atoms with van der Waals surface area (Å²) in [6, 6.07) is 5.70. The SMILES string of the molecule is COC(=O)c1c(N)c(C#N)cn1-c1cc(F)ccc1-n1cnnn1. The highest BCUT2D eigenvalue weighted by Gasteiger charge is 2.23. The van der Waals surface area contributed by atoms with E-state index in [-0.39, 0.29) is 22.6 Å². The van der Waals surface area contributed by atoms with Gasteiger partial charge in [0.2, 0.25) is 0 Å². The number of methoxy groups -OCH3 is 1. The summed E-state index contributed by atoms with van der Waals surface area (Å²) >= 11 is 0. The molecule has 0 aliphatic rings. The molecule has 3 rings (SSSR count). The predicted octanol–water partition coefficient (Wildman–Crippen LogP) is 0.833. The second-order valence-corrected chi connectivity index (χ2v) is 4.67. The fourth-order valence-corrected chi connectivity index (χ4v) is 2.26. The van der Waals surface area contributed by atoms with E-state index in [1.54, 1.807) is 0 Å². The molecule has 0 amide bonds. The van der Waals surface area contributed by atoms with E-state index in [9.17, 15) is 9.18 Å². The van der Waals surface area contributed by atoms with Gasteiger partial charge in [-0.1, -0.05) is 0 Å². The number of benzene rings is 1. The zero-order chi connectivity index (χ0) is 17.3. The van der Waals surface area contributed by atoms with E-state index in [0.29, 0.717) is 5.69 Å². The largest absolute Gasteiger partial charge is 0.464 e. The van der Waals surface area contributed by atoms with Gasteiger partial charge < -0.3 is 15.0 Å². The molecule has 9 nitrogen and oxygen atoms in total. The number of nitrogen functional groups attached to an aromatic ring is 1. The summed E-state index contributed by atoms with van der Waals surface area (Å²) in [7, 11) is 1.18. The van der Waals surface area contributed by atoms with Crippen LogP contribution in [0.2, 0.25) is 0 Å². The van der Waals surface area contributed by atoms with Crippen LogP contribution in [0, 0.1) is 17.1 Å². The van der Waals surface area contributed by atoms with Crippen molar-refractivity contribution in [3.05, 3.63) is 47.8 Å². The Balaban J connectivity index is 2.33. The summed E-state index contributed by atoms with van der Waals surface area (Å²) in [6.07, 6.45) is 2.64. The molecule has 0 unspecified atom stereocenters. The van der Waals surface area contributed by atoms with E-state index in [1.165, 1.54) is 47.1 Å². The maximum atomic E-state index is 13.8. The first-order valence-corrected chi connectivity index (χ1v) is 6.59. The van der Waals surface area contributed by atoms with Gasteiger partial charge in [0.15, 0.2) is 5.69 Å². The third kappa shape index (κ3) is 2.34. The number of nitrogens with two attached hydrogens (primary N) is 1. The third-order valence-corrected chi connectivity index (χ3v) is 3.34. The third-order valence-electron chi connectivity index (χ3n) is 3.34. The van der Waals surface area contributed by atoms with Gasteiger partial charge in [0.1, 0.15) is 18.2 Å². The average molecular weight is 327 g/mol. The summed E-state index contributed by atoms with van der Waals surface area (Å²) in [5.74, 6) is -1.32. The molecule has 3 aromatic rings. The molecule has 2 N–H and O–H groups in total. The van der Waals surface area contributed by atoms with Crippen molar-refractivity contribution in [2.24, 2.45) is 0 Å². The second kappa shape index (κ2) is 5.81. The van der Waals surface area contributed by atoms with Crippen LogP contribution in [0.15, 0.2) is 30.7 Å². The van der Waals surface area contributed by atoms with E-state index in [0.717, 1.165) is 0 Å². The van der Waals surface area contributed by atoms with Gasteiger partial charge in [0, 0.05) is 12.3 Å². The molecular formula is C14H10FN7O2. The number of halogens is 1. The van der Waals surface area contributed by atoms with E-state index in [1.807, 2.05) is 6.07 Å². The summed E-state index contributed by atoms with van der Waals surface area (Å²) in [5, 5.41) is 20.0. The fourth-order valence-electron chi connectivity index (χ4n) is 2.26. The van der Waals surface area contributed by atoms with E-state index >= 15 is 0 Å². The summed E-state index contributed by atoms with van der Waals surface area (Å²) in [5.41, 5.74) is 6.36. The molecule has 0 spiro atoms. The number of carbonyl (C=O) groups is 1. The highest BCUT2D eigenvalue weighted by molar-refractivity contribution is 5.96. The number of nitrogens with zero attached hydrogens (tertiary/aromatic N) is 6. The summed E-state index contributed by atoms with van der Waals surface area (Å²) in [6.45, 7) is 0. The van der Waals surface area contributed by atoms with Crippen LogP contribution >= 0.6 is 0 Å². The number of carbonyl (C=O) groups excluding carboxylic acids is 1.